The van der Waals surface area contributed by atoms with Crippen molar-refractivity contribution in [2.45, 2.75) is 52.9 Å². The Morgan fingerprint density at radius 3 is 0.846 bits per heavy atom. The second-order valence-electron chi connectivity index (χ2n) is 3.22. The van der Waals surface area contributed by atoms with Gasteiger partial charge in [0, 0.05) is 12.2 Å². The fourth-order valence-corrected chi connectivity index (χ4v) is 0. The SMILES string of the molecule is CC(C)O.CC(C)O.CC(O)CO. The summed E-state index contributed by atoms with van der Waals surface area (Å²) in [5.74, 6) is 0. The molecule has 0 aliphatic heterocycles. The Balaban J connectivity index is -0.000000117. The van der Waals surface area contributed by atoms with Crippen molar-refractivity contribution in [2.75, 3.05) is 6.61 Å². The normalized spacial score (nSPS) is 11.3. The smallest absolute Gasteiger partial charge is 0.0742 e. The van der Waals surface area contributed by atoms with Crippen LogP contribution < -0.4 is 0 Å². The quantitative estimate of drug-likeness (QED) is 0.480. The van der Waals surface area contributed by atoms with E-state index in [9.17, 15) is 0 Å². The summed E-state index contributed by atoms with van der Waals surface area (Å²) in [6, 6.07) is 0. The van der Waals surface area contributed by atoms with Gasteiger partial charge in [-0.1, -0.05) is 0 Å². The minimum Gasteiger partial charge on any atom is -0.394 e. The van der Waals surface area contributed by atoms with Crippen LogP contribution in [0, 0.1) is 0 Å². The van der Waals surface area contributed by atoms with Crippen molar-refractivity contribution < 1.29 is 20.4 Å². The van der Waals surface area contributed by atoms with Crippen LogP contribution in [0.15, 0.2) is 0 Å². The zero-order chi connectivity index (χ0) is 11.4. The summed E-state index contributed by atoms with van der Waals surface area (Å²) in [4.78, 5) is 0. The number of aliphatic hydroxyl groups excluding tert-OH is 4. The number of rotatable bonds is 1. The van der Waals surface area contributed by atoms with Crippen molar-refractivity contribution in [3.63, 3.8) is 0 Å². The average molecular weight is 196 g/mol. The van der Waals surface area contributed by atoms with Crippen molar-refractivity contribution in [1.29, 1.82) is 0 Å². The van der Waals surface area contributed by atoms with Gasteiger partial charge in [-0.15, -0.1) is 0 Å². The van der Waals surface area contributed by atoms with E-state index in [1.165, 1.54) is 6.92 Å². The number of hydrogen-bond acceptors (Lipinski definition) is 4. The molecule has 4 nitrogen and oxygen atoms in total. The number of aliphatic hydroxyl groups is 4. The van der Waals surface area contributed by atoms with Crippen LogP contribution in [0.2, 0.25) is 0 Å². The standard InChI is InChI=1S/C3H8O2.2C3H8O/c1-3(5)2-4;2*1-3(2)4/h3-5H,2H2,1H3;2*3-4H,1-2H3. The summed E-state index contributed by atoms with van der Waals surface area (Å²) >= 11 is 0. The Morgan fingerprint density at radius 2 is 0.846 bits per heavy atom. The van der Waals surface area contributed by atoms with Gasteiger partial charge in [-0.3, -0.25) is 0 Å². The van der Waals surface area contributed by atoms with Crippen LogP contribution in [0.25, 0.3) is 0 Å². The fourth-order valence-electron chi connectivity index (χ4n) is 0. The number of hydrogen-bond donors (Lipinski definition) is 4. The average Bonchev–Trinajstić information content (AvgIpc) is 1.84. The van der Waals surface area contributed by atoms with Crippen LogP contribution in [0.5, 0.6) is 0 Å². The molecule has 1 atom stereocenters. The third-order valence-electron chi connectivity index (χ3n) is 0.264. The van der Waals surface area contributed by atoms with Gasteiger partial charge in [0.15, 0.2) is 0 Å². The monoisotopic (exact) mass is 196 g/mol. The van der Waals surface area contributed by atoms with E-state index >= 15 is 0 Å². The Morgan fingerprint density at radius 1 is 0.769 bits per heavy atom. The van der Waals surface area contributed by atoms with Gasteiger partial charge >= 0.3 is 0 Å². The van der Waals surface area contributed by atoms with Crippen molar-refractivity contribution in [2.24, 2.45) is 0 Å². The summed E-state index contributed by atoms with van der Waals surface area (Å²) in [6.07, 6.45) is -0.894. The van der Waals surface area contributed by atoms with Crippen LogP contribution in [0.1, 0.15) is 34.6 Å². The molecule has 0 spiro atoms. The van der Waals surface area contributed by atoms with Gasteiger partial charge in [0.1, 0.15) is 0 Å². The summed E-state index contributed by atoms with van der Waals surface area (Å²) in [5.41, 5.74) is 0. The molecule has 13 heavy (non-hydrogen) atoms. The molecule has 0 aromatic heterocycles. The molecule has 4 N–H and O–H groups in total. The van der Waals surface area contributed by atoms with E-state index in [0.717, 1.165) is 0 Å². The highest BCUT2D eigenvalue weighted by molar-refractivity contribution is 4.34. The second kappa shape index (κ2) is 14.4. The Hall–Kier alpha value is -0.160. The fraction of sp³-hybridized carbons (Fsp3) is 1.00. The van der Waals surface area contributed by atoms with E-state index < -0.39 is 6.10 Å². The third-order valence-corrected chi connectivity index (χ3v) is 0.264. The minimum atomic E-state index is -0.560. The maximum Gasteiger partial charge on any atom is 0.0742 e. The molecule has 1 unspecified atom stereocenters. The highest BCUT2D eigenvalue weighted by atomic mass is 16.3. The van der Waals surface area contributed by atoms with Gasteiger partial charge in [0.2, 0.25) is 0 Å². The Kier molecular flexibility index (Phi) is 20.5. The predicted molar refractivity (Wildman–Crippen MR) is 53.5 cm³/mol. The van der Waals surface area contributed by atoms with Crippen LogP contribution in [-0.4, -0.2) is 45.3 Å². The molecule has 0 aliphatic rings. The molecule has 84 valence electrons. The van der Waals surface area contributed by atoms with Gasteiger partial charge in [0.25, 0.3) is 0 Å². The van der Waals surface area contributed by atoms with Crippen LogP contribution in [0.4, 0.5) is 0 Å². The van der Waals surface area contributed by atoms with Crippen molar-refractivity contribution in [3.05, 3.63) is 0 Å². The van der Waals surface area contributed by atoms with E-state index in [1.807, 2.05) is 0 Å². The zero-order valence-corrected chi connectivity index (χ0v) is 9.23. The molecule has 4 heteroatoms. The zero-order valence-electron chi connectivity index (χ0n) is 9.23. The topological polar surface area (TPSA) is 80.9 Å². The largest absolute Gasteiger partial charge is 0.394 e. The van der Waals surface area contributed by atoms with Crippen molar-refractivity contribution in [3.8, 4) is 0 Å². The van der Waals surface area contributed by atoms with Gasteiger partial charge in [-0.25, -0.2) is 0 Å². The lowest BCUT2D eigenvalue weighted by Crippen LogP contribution is -2.03. The molecule has 0 fully saturated rings. The lowest BCUT2D eigenvalue weighted by Gasteiger charge is -1.90. The lowest BCUT2D eigenvalue weighted by atomic mass is 10.5. The van der Waals surface area contributed by atoms with E-state index in [-0.39, 0.29) is 18.8 Å². The van der Waals surface area contributed by atoms with Crippen molar-refractivity contribution >= 4 is 0 Å². The van der Waals surface area contributed by atoms with Crippen molar-refractivity contribution in [1.82, 2.24) is 0 Å². The molecule has 0 saturated carbocycles. The highest BCUT2D eigenvalue weighted by Gasteiger charge is 1.83. The third kappa shape index (κ3) is 339. The highest BCUT2D eigenvalue weighted by Crippen LogP contribution is 1.68. The maximum atomic E-state index is 8.11. The van der Waals surface area contributed by atoms with E-state index in [1.54, 1.807) is 27.7 Å². The lowest BCUT2D eigenvalue weighted by molar-refractivity contribution is 0.110. The molecular weight excluding hydrogens is 172 g/mol. The van der Waals surface area contributed by atoms with Gasteiger partial charge in [-0.05, 0) is 34.6 Å². The van der Waals surface area contributed by atoms with Crippen LogP contribution in [-0.2, 0) is 0 Å². The molecule has 0 amide bonds. The molecule has 0 aliphatic carbocycles. The van der Waals surface area contributed by atoms with Crippen LogP contribution >= 0.6 is 0 Å². The maximum absolute atomic E-state index is 8.11. The molecule has 0 heterocycles. The summed E-state index contributed by atoms with van der Waals surface area (Å²) in [5, 5.41) is 32.1. The van der Waals surface area contributed by atoms with Gasteiger partial charge in [0.05, 0.1) is 12.7 Å². The Bertz CT molecular complexity index is 60.5. The predicted octanol–water partition coefficient (Wildman–Crippen LogP) is 0.134. The summed E-state index contributed by atoms with van der Waals surface area (Å²) in [7, 11) is 0. The molecule has 0 bridgehead atoms. The van der Waals surface area contributed by atoms with E-state index in [4.69, 9.17) is 20.4 Å². The second-order valence-corrected chi connectivity index (χ2v) is 3.22. The van der Waals surface area contributed by atoms with Crippen LogP contribution in [0.3, 0.4) is 0 Å². The Labute approximate surface area is 80.8 Å². The van der Waals surface area contributed by atoms with E-state index in [0.29, 0.717) is 0 Å². The molecule has 0 radical (unpaired) electrons. The minimum absolute atomic E-state index is 0.139. The molecule has 0 aromatic rings. The molecule has 0 aromatic carbocycles. The summed E-state index contributed by atoms with van der Waals surface area (Å²) in [6.45, 7) is 8.28. The first-order valence-electron chi connectivity index (χ1n) is 4.39. The molecule has 0 rings (SSSR count). The first kappa shape index (κ1) is 18.6. The van der Waals surface area contributed by atoms with Gasteiger partial charge in [-0.2, -0.15) is 0 Å². The molecule has 0 saturated heterocycles. The summed E-state index contributed by atoms with van der Waals surface area (Å²) < 4.78 is 0. The first-order valence-corrected chi connectivity index (χ1v) is 4.39. The molecular formula is C9H24O4. The van der Waals surface area contributed by atoms with Gasteiger partial charge < -0.3 is 20.4 Å². The first-order chi connectivity index (χ1) is 5.73. The van der Waals surface area contributed by atoms with E-state index in [2.05, 4.69) is 0 Å².